The number of amides is 2. The number of hydrogen-bond acceptors (Lipinski definition) is 12. The van der Waals surface area contributed by atoms with Crippen LogP contribution < -0.4 is 11.1 Å². The summed E-state index contributed by atoms with van der Waals surface area (Å²) >= 11 is 3.17. The van der Waals surface area contributed by atoms with Gasteiger partial charge in [0.05, 0.1) is 6.26 Å². The van der Waals surface area contributed by atoms with Crippen LogP contribution in [0.15, 0.2) is 44.3 Å². The topological polar surface area (TPSA) is 177 Å². The van der Waals surface area contributed by atoms with E-state index in [1.54, 1.807) is 11.5 Å². The Kier molecular flexibility index (Phi) is 6.95. The van der Waals surface area contributed by atoms with Gasteiger partial charge in [0.1, 0.15) is 24.2 Å². The summed E-state index contributed by atoms with van der Waals surface area (Å²) in [4.78, 5) is 59.7. The fraction of sp³-hybridized carbons (Fsp3) is 0.263. The maximum Gasteiger partial charge on any atom is 0.330 e. The van der Waals surface area contributed by atoms with Crippen LogP contribution in [0.2, 0.25) is 0 Å². The van der Waals surface area contributed by atoms with Crippen molar-refractivity contribution in [3.8, 4) is 0 Å². The second-order valence-corrected chi connectivity index (χ2v) is 9.73. The van der Waals surface area contributed by atoms with Crippen LogP contribution in [0.5, 0.6) is 0 Å². The Morgan fingerprint density at radius 3 is 2.85 bits per heavy atom. The van der Waals surface area contributed by atoms with Gasteiger partial charge in [0, 0.05) is 11.1 Å². The van der Waals surface area contributed by atoms with Crippen molar-refractivity contribution in [1.82, 2.24) is 15.2 Å². The lowest BCUT2D eigenvalue weighted by molar-refractivity contribution is -0.159. The molecule has 0 saturated carbocycles. The van der Waals surface area contributed by atoms with E-state index in [1.165, 1.54) is 41.5 Å². The number of nitrogens with one attached hydrogen (secondary N) is 1. The third-order valence-corrected chi connectivity index (χ3v) is 7.68. The molecule has 34 heavy (non-hydrogen) atoms. The zero-order valence-corrected chi connectivity index (χ0v) is 19.8. The molecule has 0 radical (unpaired) electrons. The molecule has 1 saturated heterocycles. The molecule has 1 fully saturated rings. The number of thiazole rings is 1. The molecule has 0 bridgehead atoms. The van der Waals surface area contributed by atoms with Gasteiger partial charge in [0.25, 0.3) is 11.0 Å². The maximum absolute atomic E-state index is 12.9. The van der Waals surface area contributed by atoms with E-state index in [0.717, 1.165) is 23.1 Å². The number of nitrogens with zero attached hydrogens (tertiary/aromatic N) is 3. The number of aromatic nitrogens is 1. The molecule has 2 aromatic rings. The number of fused-ring (bicyclic) bond motifs is 1. The average molecular weight is 524 g/mol. The number of nitrogen functional groups attached to an aromatic ring is 1. The molecule has 178 valence electrons. The molecule has 2 aromatic heterocycles. The van der Waals surface area contributed by atoms with Gasteiger partial charge >= 0.3 is 5.97 Å². The van der Waals surface area contributed by atoms with Crippen LogP contribution in [-0.4, -0.2) is 73.9 Å². The van der Waals surface area contributed by atoms with Gasteiger partial charge in [-0.15, -0.1) is 23.1 Å². The Balaban J connectivity index is 1.46. The number of nitrogens with two attached hydrogens (primary N) is 1. The number of rotatable bonds is 8. The highest BCUT2D eigenvalue weighted by molar-refractivity contribution is 8.14. The first-order valence-corrected chi connectivity index (χ1v) is 12.4. The predicted octanol–water partition coefficient (Wildman–Crippen LogP) is 0.979. The number of β-lactam (4-membered cyclic amide) rings is 1. The molecule has 4 rings (SSSR count). The molecule has 3 atom stereocenters. The number of oxime groups is 1. The van der Waals surface area contributed by atoms with Crippen LogP contribution in [-0.2, 0) is 19.2 Å². The maximum atomic E-state index is 12.9. The summed E-state index contributed by atoms with van der Waals surface area (Å²) in [5, 5.41) is 18.4. The zero-order chi connectivity index (χ0) is 24.4. The van der Waals surface area contributed by atoms with Crippen LogP contribution >= 0.6 is 34.9 Å². The van der Waals surface area contributed by atoms with Gasteiger partial charge in [-0.25, -0.2) is 9.78 Å². The van der Waals surface area contributed by atoms with Crippen molar-refractivity contribution in [3.63, 3.8) is 0 Å². The minimum absolute atomic E-state index is 0.0624. The van der Waals surface area contributed by atoms with Crippen LogP contribution in [0.4, 0.5) is 5.13 Å². The average Bonchev–Trinajstić information content (AvgIpc) is 3.50. The number of anilines is 1. The smallest absolute Gasteiger partial charge is 0.330 e. The summed E-state index contributed by atoms with van der Waals surface area (Å²) in [5.41, 5.74) is 6.02. The van der Waals surface area contributed by atoms with Gasteiger partial charge < -0.3 is 30.3 Å². The second-order valence-electron chi connectivity index (χ2n) is 6.90. The molecule has 2 aliphatic heterocycles. The highest BCUT2D eigenvalue weighted by Gasteiger charge is 2.56. The standard InChI is InChI=1S/C19H17N5O7S3/c1-30-23-11(9-7-34-19(20)21-9)14(25)22-12-15(26)24-13(17(27)28)8(5-32-16(12)24)6-33-18(29)10-3-2-4-31-10/h2-5,7,12-13,16H,6H2,1H3,(H2,20,21)(H,22,25)(H,27,28)/b23-11+/t12-,13?,16-/m1/s1. The van der Waals surface area contributed by atoms with Crippen molar-refractivity contribution < 1.29 is 33.5 Å². The molecule has 2 amide bonds. The van der Waals surface area contributed by atoms with Crippen molar-refractivity contribution in [3.05, 3.63) is 46.2 Å². The lowest BCUT2D eigenvalue weighted by Gasteiger charge is -2.51. The minimum atomic E-state index is -1.26. The highest BCUT2D eigenvalue weighted by Crippen LogP contribution is 2.41. The third-order valence-electron chi connectivity index (χ3n) is 4.84. The lowest BCUT2D eigenvalue weighted by atomic mass is 9.98. The van der Waals surface area contributed by atoms with E-state index in [4.69, 9.17) is 15.0 Å². The molecule has 0 aromatic carbocycles. The number of carboxylic acid groups (broad SMARTS) is 1. The summed E-state index contributed by atoms with van der Waals surface area (Å²) < 4.78 is 5.05. The van der Waals surface area contributed by atoms with E-state index < -0.39 is 35.2 Å². The fourth-order valence-electron chi connectivity index (χ4n) is 3.35. The van der Waals surface area contributed by atoms with Crippen molar-refractivity contribution in [1.29, 1.82) is 0 Å². The quantitative estimate of drug-likeness (QED) is 0.255. The monoisotopic (exact) mass is 523 g/mol. The Morgan fingerprint density at radius 2 is 2.24 bits per heavy atom. The van der Waals surface area contributed by atoms with E-state index in [1.807, 2.05) is 0 Å². The predicted molar refractivity (Wildman–Crippen MR) is 125 cm³/mol. The largest absolute Gasteiger partial charge is 0.479 e. The van der Waals surface area contributed by atoms with Crippen molar-refractivity contribution in [2.24, 2.45) is 5.16 Å². The van der Waals surface area contributed by atoms with Gasteiger partial charge in [0.15, 0.2) is 22.6 Å². The molecule has 1 unspecified atom stereocenters. The van der Waals surface area contributed by atoms with E-state index in [0.29, 0.717) is 5.57 Å². The van der Waals surface area contributed by atoms with Crippen molar-refractivity contribution >= 4 is 68.6 Å². The zero-order valence-electron chi connectivity index (χ0n) is 17.4. The lowest BCUT2D eigenvalue weighted by Crippen LogP contribution is -2.74. The van der Waals surface area contributed by atoms with Gasteiger partial charge in [-0.2, -0.15) is 0 Å². The molecule has 12 nitrogen and oxygen atoms in total. The summed E-state index contributed by atoms with van der Waals surface area (Å²) in [5.74, 6) is -2.31. The van der Waals surface area contributed by atoms with E-state index in [9.17, 15) is 24.3 Å². The van der Waals surface area contributed by atoms with Gasteiger partial charge in [-0.3, -0.25) is 14.4 Å². The molecule has 0 spiro atoms. The number of aliphatic carboxylic acids is 1. The molecule has 4 heterocycles. The first-order valence-electron chi connectivity index (χ1n) is 9.55. The first-order chi connectivity index (χ1) is 16.3. The molecule has 15 heteroatoms. The number of carbonyl (C=O) groups excluding carboxylic acids is 3. The van der Waals surface area contributed by atoms with Crippen LogP contribution in [0.3, 0.4) is 0 Å². The Labute approximate surface area is 204 Å². The summed E-state index contributed by atoms with van der Waals surface area (Å²) in [7, 11) is 1.26. The second kappa shape index (κ2) is 9.90. The summed E-state index contributed by atoms with van der Waals surface area (Å²) in [6.45, 7) is 0. The van der Waals surface area contributed by atoms with E-state index >= 15 is 0 Å². The number of thioether (sulfide) groups is 2. The normalized spacial score (nSPS) is 21.9. The summed E-state index contributed by atoms with van der Waals surface area (Å²) in [6.07, 6.45) is 1.37. The van der Waals surface area contributed by atoms with Gasteiger partial charge in [0.2, 0.25) is 5.91 Å². The highest BCUT2D eigenvalue weighted by atomic mass is 32.2. The molecular formula is C19H17N5O7S3. The number of carboxylic acids is 1. The number of hydrogen-bond donors (Lipinski definition) is 3. The molecule has 0 aliphatic carbocycles. The van der Waals surface area contributed by atoms with Crippen LogP contribution in [0.25, 0.3) is 0 Å². The van der Waals surface area contributed by atoms with Crippen molar-refractivity contribution in [2.45, 2.75) is 17.5 Å². The number of carbonyl (C=O) groups is 4. The molecular weight excluding hydrogens is 506 g/mol. The van der Waals surface area contributed by atoms with E-state index in [-0.39, 0.29) is 33.2 Å². The van der Waals surface area contributed by atoms with Crippen molar-refractivity contribution in [2.75, 3.05) is 18.6 Å². The van der Waals surface area contributed by atoms with Gasteiger partial charge in [-0.05, 0) is 23.1 Å². The Hall–Kier alpha value is -3.30. The Bertz CT molecular complexity index is 1190. The third kappa shape index (κ3) is 4.53. The minimum Gasteiger partial charge on any atom is -0.479 e. The Morgan fingerprint density at radius 1 is 1.44 bits per heavy atom. The fourth-order valence-corrected chi connectivity index (χ4v) is 6.02. The SMILES string of the molecule is CO/N=C(/C(=O)N[C@@H]1C(=O)N2C(C(=O)O)C(CSC(=O)c3ccco3)=CS[C@H]12)c1csc(N)n1. The van der Waals surface area contributed by atoms with Crippen LogP contribution in [0, 0.1) is 0 Å². The van der Waals surface area contributed by atoms with E-state index in [2.05, 4.69) is 15.5 Å². The molecule has 2 aliphatic rings. The summed E-state index contributed by atoms with van der Waals surface area (Å²) in [6, 6.07) is 0.854. The van der Waals surface area contributed by atoms with Crippen LogP contribution in [0.1, 0.15) is 16.2 Å². The van der Waals surface area contributed by atoms with Gasteiger partial charge in [-0.1, -0.05) is 16.9 Å². The first kappa shape index (κ1) is 23.8. The number of furan rings is 1. The molecule has 4 N–H and O–H groups in total.